The van der Waals surface area contributed by atoms with Gasteiger partial charge >= 0.3 is 5.97 Å². The molecule has 28 heavy (non-hydrogen) atoms. The molecular formula is C21H23Br2NO4. The third-order valence-corrected chi connectivity index (χ3v) is 5.04. The Labute approximate surface area is 182 Å². The van der Waals surface area contributed by atoms with Crippen LogP contribution in [0.4, 0.5) is 0 Å². The molecule has 0 radical (unpaired) electrons. The van der Waals surface area contributed by atoms with Crippen LogP contribution in [0, 0.1) is 6.92 Å². The Morgan fingerprint density at radius 2 is 1.82 bits per heavy atom. The topological polar surface area (TPSA) is 55.8 Å². The zero-order chi connectivity index (χ0) is 20.5. The Hall–Kier alpha value is -1.86. The van der Waals surface area contributed by atoms with Crippen LogP contribution in [0.5, 0.6) is 5.75 Å². The maximum absolute atomic E-state index is 12.8. The summed E-state index contributed by atoms with van der Waals surface area (Å²) in [6.45, 7) is 4.57. The molecule has 0 saturated heterocycles. The average molecular weight is 513 g/mol. The maximum atomic E-state index is 12.8. The van der Waals surface area contributed by atoms with Crippen molar-refractivity contribution >= 4 is 43.7 Å². The number of halogens is 2. The van der Waals surface area contributed by atoms with Gasteiger partial charge in [-0.2, -0.15) is 0 Å². The molecule has 0 atom stereocenters. The molecule has 0 saturated carbocycles. The lowest BCUT2D eigenvalue weighted by Crippen LogP contribution is -2.36. The molecule has 0 unspecified atom stereocenters. The molecule has 0 aliphatic heterocycles. The molecule has 2 rings (SSSR count). The molecule has 0 N–H and O–H groups in total. The minimum absolute atomic E-state index is 0.114. The van der Waals surface area contributed by atoms with E-state index in [0.717, 1.165) is 20.1 Å². The van der Waals surface area contributed by atoms with E-state index in [2.05, 4.69) is 31.9 Å². The molecule has 1 amide bonds. The molecule has 5 nitrogen and oxygen atoms in total. The van der Waals surface area contributed by atoms with Crippen LogP contribution in [0.1, 0.15) is 24.5 Å². The summed E-state index contributed by atoms with van der Waals surface area (Å²) >= 11 is 6.89. The Morgan fingerprint density at radius 1 is 1.11 bits per heavy atom. The van der Waals surface area contributed by atoms with Crippen LogP contribution in [0.15, 0.2) is 51.4 Å². The van der Waals surface area contributed by atoms with Crippen LogP contribution in [0.2, 0.25) is 0 Å². The van der Waals surface area contributed by atoms with Gasteiger partial charge in [0.25, 0.3) is 5.91 Å². The van der Waals surface area contributed by atoms with E-state index in [9.17, 15) is 9.59 Å². The van der Waals surface area contributed by atoms with Crippen molar-refractivity contribution in [1.82, 2.24) is 4.90 Å². The van der Waals surface area contributed by atoms with Gasteiger partial charge < -0.3 is 14.4 Å². The van der Waals surface area contributed by atoms with E-state index >= 15 is 0 Å². The quantitative estimate of drug-likeness (QED) is 0.449. The summed E-state index contributed by atoms with van der Waals surface area (Å²) in [5, 5.41) is 0. The first-order valence-electron chi connectivity index (χ1n) is 8.96. The normalized spacial score (nSPS) is 10.4. The van der Waals surface area contributed by atoms with E-state index in [4.69, 9.17) is 9.47 Å². The van der Waals surface area contributed by atoms with Crippen LogP contribution >= 0.6 is 31.9 Å². The number of carbonyl (C=O) groups is 2. The lowest BCUT2D eigenvalue weighted by atomic mass is 10.2. The highest BCUT2D eigenvalue weighted by Crippen LogP contribution is 2.32. The minimum Gasteiger partial charge on any atom is -0.482 e. The van der Waals surface area contributed by atoms with Crippen molar-refractivity contribution in [1.29, 1.82) is 0 Å². The van der Waals surface area contributed by atoms with Crippen molar-refractivity contribution in [2.45, 2.75) is 26.8 Å². The summed E-state index contributed by atoms with van der Waals surface area (Å²) in [5.41, 5.74) is 1.90. The zero-order valence-corrected chi connectivity index (χ0v) is 19.1. The molecule has 0 aliphatic rings. The van der Waals surface area contributed by atoms with Gasteiger partial charge in [0.05, 0.1) is 17.5 Å². The van der Waals surface area contributed by atoms with Gasteiger partial charge in [-0.05, 0) is 53.0 Å². The molecule has 2 aromatic carbocycles. The van der Waals surface area contributed by atoms with E-state index in [-0.39, 0.29) is 31.4 Å². The molecule has 7 heteroatoms. The number of amides is 1. The minimum atomic E-state index is -0.319. The Morgan fingerprint density at radius 3 is 2.46 bits per heavy atom. The monoisotopic (exact) mass is 511 g/mol. The highest BCUT2D eigenvalue weighted by molar-refractivity contribution is 9.11. The predicted octanol–water partition coefficient (Wildman–Crippen LogP) is 4.88. The molecule has 0 bridgehead atoms. The molecule has 150 valence electrons. The first-order chi connectivity index (χ1) is 13.4. The number of ether oxygens (including phenoxy) is 2. The van der Waals surface area contributed by atoms with Crippen LogP contribution in [-0.4, -0.2) is 36.5 Å². The van der Waals surface area contributed by atoms with Crippen LogP contribution in [0.25, 0.3) is 0 Å². The van der Waals surface area contributed by atoms with Crippen molar-refractivity contribution in [3.05, 3.63) is 62.5 Å². The maximum Gasteiger partial charge on any atom is 0.307 e. The first-order valence-corrected chi connectivity index (χ1v) is 10.5. The van der Waals surface area contributed by atoms with Crippen molar-refractivity contribution in [2.24, 2.45) is 0 Å². The van der Waals surface area contributed by atoms with Gasteiger partial charge in [-0.25, -0.2) is 0 Å². The number of carbonyl (C=O) groups excluding carboxylic acids is 2. The summed E-state index contributed by atoms with van der Waals surface area (Å²) < 4.78 is 12.5. The number of nitrogens with zero attached hydrogens (tertiary/aromatic N) is 1. The number of rotatable bonds is 9. The molecule has 0 aliphatic carbocycles. The second-order valence-corrected chi connectivity index (χ2v) is 7.95. The third kappa shape index (κ3) is 6.95. The standard InChI is InChI=1S/C21H23Br2NO4/c1-3-27-20(26)9-10-24(13-16-7-5-4-6-8-16)19(25)14-28-21-15(2)11-17(22)12-18(21)23/h4-8,11-12H,3,9-10,13-14H2,1-2H3. The lowest BCUT2D eigenvalue weighted by molar-refractivity contribution is -0.144. The SMILES string of the molecule is CCOC(=O)CCN(Cc1ccccc1)C(=O)COc1c(C)cc(Br)cc1Br. The molecule has 0 spiro atoms. The summed E-state index contributed by atoms with van der Waals surface area (Å²) in [5.74, 6) is 0.116. The molecular weight excluding hydrogens is 490 g/mol. The largest absolute Gasteiger partial charge is 0.482 e. The van der Waals surface area contributed by atoms with Gasteiger partial charge in [0.1, 0.15) is 5.75 Å². The van der Waals surface area contributed by atoms with Gasteiger partial charge in [0, 0.05) is 17.6 Å². The van der Waals surface area contributed by atoms with Crippen LogP contribution in [0.3, 0.4) is 0 Å². The number of aryl methyl sites for hydroxylation is 1. The Balaban J connectivity index is 2.06. The fourth-order valence-corrected chi connectivity index (χ4v) is 4.21. The van der Waals surface area contributed by atoms with Crippen molar-refractivity contribution in [2.75, 3.05) is 19.8 Å². The summed E-state index contributed by atoms with van der Waals surface area (Å²) in [6.07, 6.45) is 0.146. The van der Waals surface area contributed by atoms with E-state index in [1.807, 2.05) is 49.4 Å². The van der Waals surface area contributed by atoms with E-state index in [1.54, 1.807) is 11.8 Å². The van der Waals surface area contributed by atoms with Gasteiger partial charge in [0.2, 0.25) is 0 Å². The van der Waals surface area contributed by atoms with Crippen molar-refractivity contribution in [3.63, 3.8) is 0 Å². The highest BCUT2D eigenvalue weighted by atomic mass is 79.9. The third-order valence-electron chi connectivity index (χ3n) is 3.99. The lowest BCUT2D eigenvalue weighted by Gasteiger charge is -2.23. The Bertz CT molecular complexity index is 788. The van der Waals surface area contributed by atoms with Crippen molar-refractivity contribution in [3.8, 4) is 5.75 Å². The van der Waals surface area contributed by atoms with Gasteiger partial charge in [-0.15, -0.1) is 0 Å². The molecule has 0 fully saturated rings. The second kappa shape index (κ2) is 11.2. The van der Waals surface area contributed by atoms with Crippen LogP contribution < -0.4 is 4.74 Å². The zero-order valence-electron chi connectivity index (χ0n) is 15.9. The fraction of sp³-hybridized carbons (Fsp3) is 0.333. The second-order valence-electron chi connectivity index (χ2n) is 6.18. The number of hydrogen-bond acceptors (Lipinski definition) is 4. The fourth-order valence-electron chi connectivity index (χ4n) is 2.65. The molecule has 0 aromatic heterocycles. The average Bonchev–Trinajstić information content (AvgIpc) is 2.65. The highest BCUT2D eigenvalue weighted by Gasteiger charge is 2.18. The number of benzene rings is 2. The van der Waals surface area contributed by atoms with E-state index in [0.29, 0.717) is 18.9 Å². The van der Waals surface area contributed by atoms with E-state index in [1.165, 1.54) is 0 Å². The van der Waals surface area contributed by atoms with Gasteiger partial charge in [0.15, 0.2) is 6.61 Å². The molecule has 2 aromatic rings. The van der Waals surface area contributed by atoms with Gasteiger partial charge in [-0.3, -0.25) is 9.59 Å². The van der Waals surface area contributed by atoms with Gasteiger partial charge in [-0.1, -0.05) is 46.3 Å². The van der Waals surface area contributed by atoms with Crippen molar-refractivity contribution < 1.29 is 19.1 Å². The summed E-state index contributed by atoms with van der Waals surface area (Å²) in [7, 11) is 0. The number of esters is 1. The number of hydrogen-bond donors (Lipinski definition) is 0. The molecule has 0 heterocycles. The summed E-state index contributed by atoms with van der Waals surface area (Å²) in [6, 6.07) is 13.4. The smallest absolute Gasteiger partial charge is 0.307 e. The first kappa shape index (κ1) is 22.4. The predicted molar refractivity (Wildman–Crippen MR) is 115 cm³/mol. The Kier molecular flexibility index (Phi) is 8.99. The summed E-state index contributed by atoms with van der Waals surface area (Å²) in [4.78, 5) is 26.1. The van der Waals surface area contributed by atoms with E-state index < -0.39 is 0 Å². The van der Waals surface area contributed by atoms with Crippen LogP contribution in [-0.2, 0) is 20.9 Å².